The Morgan fingerprint density at radius 1 is 0.661 bits per heavy atom. The number of carbonyl (C=O) groups is 2. The molecule has 11 rings (SSSR count). The molecular weight excluding hydrogens is 836 g/mol. The van der Waals surface area contributed by atoms with Crippen molar-refractivity contribution in [2.24, 2.45) is 35.5 Å². The predicted molar refractivity (Wildman–Crippen MR) is 198 cm³/mol. The van der Waals surface area contributed by atoms with Gasteiger partial charge in [-0.25, -0.2) is 19.4 Å². The van der Waals surface area contributed by atoms with Crippen LogP contribution in [-0.2, 0) is 48.0 Å². The summed E-state index contributed by atoms with van der Waals surface area (Å²) in [5.74, 6) is -11.4. The zero-order valence-corrected chi connectivity index (χ0v) is 33.1. The first-order valence-corrected chi connectivity index (χ1v) is 20.4. The van der Waals surface area contributed by atoms with E-state index in [1.54, 1.807) is 12.2 Å². The van der Waals surface area contributed by atoms with Crippen LogP contribution in [0.2, 0.25) is 0 Å². The van der Waals surface area contributed by atoms with Crippen molar-refractivity contribution in [3.63, 3.8) is 0 Å². The Hall–Kier alpha value is -4.53. The lowest BCUT2D eigenvalue weighted by molar-refractivity contribution is -0.550. The van der Waals surface area contributed by atoms with Gasteiger partial charge in [0.05, 0.1) is 17.3 Å². The van der Waals surface area contributed by atoms with Gasteiger partial charge in [0, 0.05) is 47.7 Å². The number of ether oxygens (including phenoxy) is 6. The average molecular weight is 880 g/mol. The first kappa shape index (κ1) is 42.8. The van der Waals surface area contributed by atoms with Gasteiger partial charge in [-0.2, -0.15) is 36.1 Å². The van der Waals surface area contributed by atoms with Gasteiger partial charge in [-0.3, -0.25) is 4.74 Å². The summed E-state index contributed by atoms with van der Waals surface area (Å²) in [6.45, 7) is 9.87. The van der Waals surface area contributed by atoms with Gasteiger partial charge in [0.15, 0.2) is 11.2 Å². The lowest BCUT2D eigenvalue weighted by Crippen LogP contribution is -2.68. The van der Waals surface area contributed by atoms with E-state index in [1.165, 1.54) is 30.3 Å². The molecule has 10 aliphatic rings. The summed E-state index contributed by atoms with van der Waals surface area (Å²) in [4.78, 5) is 49.9. The fourth-order valence-corrected chi connectivity index (χ4v) is 11.1. The van der Waals surface area contributed by atoms with E-state index in [-0.39, 0.29) is 59.8 Å². The normalized spacial score (nSPS) is 39.5. The maximum atomic E-state index is 14.7. The van der Waals surface area contributed by atoms with Gasteiger partial charge < -0.3 is 29.1 Å². The summed E-state index contributed by atoms with van der Waals surface area (Å²) in [6, 6.07) is 4.67. The maximum absolute atomic E-state index is 14.7. The first-order chi connectivity index (χ1) is 29.5. The number of hydrogen-bond acceptors (Lipinski definition) is 13. The van der Waals surface area contributed by atoms with E-state index >= 15 is 0 Å². The fourth-order valence-electron chi connectivity index (χ4n) is 11.1. The van der Waals surface area contributed by atoms with E-state index in [2.05, 4.69) is 19.7 Å². The molecule has 4 bridgehead atoms. The highest BCUT2D eigenvalue weighted by Crippen LogP contribution is 2.63. The SMILES string of the molecule is C=C[C@@H]1CC[C@H]2C(COC(=O)c3ccc(C(=O)OCC4=C(C(F)(F)F)O[C@@H]5O[C@@]6(C=N)CC[C@H]7[C@H](C=C)CC[C@@H]4[C@@]57OO6)cc3)=C(C(F)(F)F)O[C@@H]3O[C@@]4(C=C)CC[C@@H]1[C@]32OO4. The zero-order chi connectivity index (χ0) is 44.0. The summed E-state index contributed by atoms with van der Waals surface area (Å²) < 4.78 is 122. The van der Waals surface area contributed by atoms with Crippen LogP contribution >= 0.6 is 0 Å². The van der Waals surface area contributed by atoms with E-state index in [0.717, 1.165) is 6.21 Å². The van der Waals surface area contributed by atoms with Crippen LogP contribution < -0.4 is 0 Å². The molecule has 8 aliphatic heterocycles. The van der Waals surface area contributed by atoms with Crippen molar-refractivity contribution >= 4 is 18.2 Å². The first-order valence-electron chi connectivity index (χ1n) is 20.4. The van der Waals surface area contributed by atoms with Crippen molar-refractivity contribution in [3.8, 4) is 0 Å². The third-order valence-electron chi connectivity index (χ3n) is 14.1. The number of halogens is 6. The minimum absolute atomic E-state index is 0.116. The minimum Gasteiger partial charge on any atom is -0.457 e. The third kappa shape index (κ3) is 6.47. The summed E-state index contributed by atoms with van der Waals surface area (Å²) in [5, 5.41) is 7.87. The number of nitrogens with one attached hydrogen (secondary N) is 1. The molecule has 0 amide bonds. The Morgan fingerprint density at radius 2 is 1.08 bits per heavy atom. The lowest BCUT2D eigenvalue weighted by Gasteiger charge is -2.57. The molecule has 1 N–H and O–H groups in total. The van der Waals surface area contributed by atoms with Crippen LogP contribution in [0.3, 0.4) is 0 Å². The van der Waals surface area contributed by atoms with Gasteiger partial charge in [-0.05, 0) is 80.7 Å². The molecule has 0 unspecified atom stereocenters. The molecule has 13 nitrogen and oxygen atoms in total. The van der Waals surface area contributed by atoms with E-state index < -0.39 is 108 Å². The van der Waals surface area contributed by atoms with E-state index in [9.17, 15) is 35.9 Å². The fraction of sp³-hybridized carbons (Fsp3) is 0.558. The highest BCUT2D eigenvalue weighted by molar-refractivity contribution is 5.93. The predicted octanol–water partition coefficient (Wildman–Crippen LogP) is 8.25. The van der Waals surface area contributed by atoms with Crippen LogP contribution in [0.5, 0.6) is 0 Å². The summed E-state index contributed by atoms with van der Waals surface area (Å²) in [6.07, 6.45) is -5.23. The lowest BCUT2D eigenvalue weighted by atomic mass is 9.59. The number of allylic oxidation sites excluding steroid dienone is 4. The number of hydrogen-bond donors (Lipinski definition) is 1. The molecule has 8 heterocycles. The van der Waals surface area contributed by atoms with E-state index in [1.807, 2.05) is 0 Å². The number of fused-ring (bicyclic) bond motifs is 4. The average Bonchev–Trinajstić information content (AvgIpc) is 3.67. The highest BCUT2D eigenvalue weighted by atomic mass is 19.4. The van der Waals surface area contributed by atoms with Crippen molar-refractivity contribution < 1.29 is 83.9 Å². The molecule has 1 aromatic rings. The Bertz CT molecular complexity index is 1980. The third-order valence-corrected chi connectivity index (χ3v) is 14.1. The second kappa shape index (κ2) is 15.0. The Labute approximate surface area is 350 Å². The molecule has 6 saturated heterocycles. The Balaban J connectivity index is 0.924. The largest absolute Gasteiger partial charge is 0.457 e. The molecule has 2 aliphatic carbocycles. The maximum Gasteiger partial charge on any atom is 0.449 e. The van der Waals surface area contributed by atoms with E-state index in [0.29, 0.717) is 25.7 Å². The van der Waals surface area contributed by atoms with Crippen LogP contribution in [-0.4, -0.2) is 79.1 Å². The van der Waals surface area contributed by atoms with Crippen molar-refractivity contribution in [2.75, 3.05) is 13.2 Å². The topological polar surface area (TPSA) is 150 Å². The van der Waals surface area contributed by atoms with E-state index in [4.69, 9.17) is 53.4 Å². The van der Waals surface area contributed by atoms with Crippen molar-refractivity contribution in [3.05, 3.63) is 96.0 Å². The van der Waals surface area contributed by atoms with Gasteiger partial charge >= 0.3 is 24.3 Å². The molecular formula is C43H43F6NO12. The number of benzene rings is 1. The van der Waals surface area contributed by atoms with Gasteiger partial charge in [-0.1, -0.05) is 18.7 Å². The summed E-state index contributed by atoms with van der Waals surface area (Å²) in [7, 11) is 0. The van der Waals surface area contributed by atoms with Crippen molar-refractivity contribution in [2.45, 2.75) is 99.1 Å². The number of rotatable bonds is 10. The summed E-state index contributed by atoms with van der Waals surface area (Å²) >= 11 is 0. The van der Waals surface area contributed by atoms with Crippen LogP contribution in [0.4, 0.5) is 26.3 Å². The molecule has 334 valence electrons. The van der Waals surface area contributed by atoms with Crippen molar-refractivity contribution in [1.82, 2.24) is 0 Å². The molecule has 2 spiro atoms. The van der Waals surface area contributed by atoms with Crippen molar-refractivity contribution in [1.29, 1.82) is 5.41 Å². The number of alkyl halides is 6. The van der Waals surface area contributed by atoms with Gasteiger partial charge in [-0.15, -0.1) is 13.2 Å². The van der Waals surface area contributed by atoms with Crippen LogP contribution in [0.1, 0.15) is 72.1 Å². The Kier molecular flexibility index (Phi) is 10.4. The molecule has 1 aromatic carbocycles. The smallest absolute Gasteiger partial charge is 0.449 e. The molecule has 62 heavy (non-hydrogen) atoms. The minimum atomic E-state index is -5.03. The quantitative estimate of drug-likeness (QED) is 0.0793. The number of esters is 2. The van der Waals surface area contributed by atoms with Gasteiger partial charge in [0.25, 0.3) is 0 Å². The monoisotopic (exact) mass is 879 g/mol. The molecule has 12 atom stereocenters. The molecule has 0 radical (unpaired) electrons. The van der Waals surface area contributed by atoms with Crippen LogP contribution in [0.25, 0.3) is 0 Å². The molecule has 19 heteroatoms. The molecule has 2 saturated carbocycles. The van der Waals surface area contributed by atoms with Crippen LogP contribution in [0.15, 0.2) is 84.9 Å². The van der Waals surface area contributed by atoms with Gasteiger partial charge in [0.1, 0.15) is 13.2 Å². The van der Waals surface area contributed by atoms with Gasteiger partial charge in [0.2, 0.25) is 35.7 Å². The molecule has 8 fully saturated rings. The standard InChI is InChI=1S/C43H43F6NO12/c1-4-22-11-13-30-26(32(42(44,45)46)55-36-40(30)28(22)15-17-38(6-3,57-36)59-61-40)19-53-34(51)24-7-9-25(10-8-24)35(52)54-20-27-31-14-12-23(5-2)29-16-18-39(21-50)58-37(41(29,31)62-60-39)56-33(27)43(47,48)49/h4-10,21-23,28-31,36-37,50H,1-3,11-20H2/t22-,23-,28+,29+,30+,31+,36-,37-,38-,39+,40-,41-/m1/s1. The van der Waals surface area contributed by atoms with Crippen LogP contribution in [0, 0.1) is 40.9 Å². The summed E-state index contributed by atoms with van der Waals surface area (Å²) in [5.41, 5.74) is -4.16. The zero-order valence-electron chi connectivity index (χ0n) is 33.1. The second-order valence-electron chi connectivity index (χ2n) is 16.9. The highest BCUT2D eigenvalue weighted by Gasteiger charge is 2.72. The molecule has 0 aromatic heterocycles. The second-order valence-corrected chi connectivity index (χ2v) is 16.9. The Morgan fingerprint density at radius 3 is 1.48 bits per heavy atom. The number of carbonyl (C=O) groups excluding carboxylic acids is 2.